The van der Waals surface area contributed by atoms with Crippen molar-refractivity contribution >= 4 is 17.3 Å². The molecule has 1 heterocycles. The number of carbonyl (C=O) groups excluding carboxylic acids is 1. The zero-order valence-electron chi connectivity index (χ0n) is 17.4. The summed E-state index contributed by atoms with van der Waals surface area (Å²) in [5.74, 6) is 0.433. The summed E-state index contributed by atoms with van der Waals surface area (Å²) in [5, 5.41) is 14.2. The molecule has 8 nitrogen and oxygen atoms in total. The maximum absolute atomic E-state index is 13.1. The van der Waals surface area contributed by atoms with Gasteiger partial charge >= 0.3 is 0 Å². The zero-order valence-corrected chi connectivity index (χ0v) is 17.4. The highest BCUT2D eigenvalue weighted by Crippen LogP contribution is 2.28. The molecule has 0 bridgehead atoms. The molecule has 31 heavy (non-hydrogen) atoms. The van der Waals surface area contributed by atoms with Crippen molar-refractivity contribution in [3.05, 3.63) is 63.7 Å². The van der Waals surface area contributed by atoms with E-state index in [0.29, 0.717) is 37.6 Å². The minimum Gasteiger partial charge on any atom is -0.490 e. The number of benzene rings is 2. The molecule has 4 rings (SSSR count). The number of morpholine rings is 1. The van der Waals surface area contributed by atoms with Crippen LogP contribution in [0.5, 0.6) is 5.75 Å². The number of ether oxygens (including phenoxy) is 2. The Bertz CT molecular complexity index is 937. The van der Waals surface area contributed by atoms with Crippen molar-refractivity contribution in [2.45, 2.75) is 38.3 Å². The Balaban J connectivity index is 1.51. The molecule has 8 heteroatoms. The number of amides is 1. The van der Waals surface area contributed by atoms with Crippen LogP contribution in [0, 0.1) is 10.1 Å². The minimum absolute atomic E-state index is 0.105. The van der Waals surface area contributed by atoms with Crippen LogP contribution >= 0.6 is 0 Å². The highest BCUT2D eigenvalue weighted by molar-refractivity contribution is 6.00. The molecule has 1 saturated carbocycles. The number of nitro benzene ring substituents is 1. The van der Waals surface area contributed by atoms with E-state index in [2.05, 4.69) is 5.32 Å². The largest absolute Gasteiger partial charge is 0.490 e. The second kappa shape index (κ2) is 9.78. The van der Waals surface area contributed by atoms with Crippen LogP contribution < -0.4 is 15.0 Å². The molecule has 2 aromatic rings. The van der Waals surface area contributed by atoms with Crippen LogP contribution in [0.15, 0.2) is 42.5 Å². The first-order chi connectivity index (χ1) is 15.1. The van der Waals surface area contributed by atoms with Crippen molar-refractivity contribution in [2.75, 3.05) is 31.2 Å². The van der Waals surface area contributed by atoms with E-state index in [1.807, 2.05) is 29.2 Å². The smallest absolute Gasteiger partial charge is 0.270 e. The average molecular weight is 425 g/mol. The number of anilines is 1. The molecule has 1 aliphatic heterocycles. The molecule has 164 valence electrons. The van der Waals surface area contributed by atoms with E-state index >= 15 is 0 Å². The third-order valence-corrected chi connectivity index (χ3v) is 5.80. The number of rotatable bonds is 7. The molecule has 2 aliphatic rings. The van der Waals surface area contributed by atoms with Crippen molar-refractivity contribution < 1.29 is 19.2 Å². The van der Waals surface area contributed by atoms with Crippen molar-refractivity contribution in [1.82, 2.24) is 5.32 Å². The summed E-state index contributed by atoms with van der Waals surface area (Å²) in [6.07, 6.45) is 4.69. The number of nitrogens with one attached hydrogen (secondary N) is 1. The van der Waals surface area contributed by atoms with Gasteiger partial charge in [-0.25, -0.2) is 0 Å². The second-order valence-corrected chi connectivity index (χ2v) is 7.87. The molecule has 1 N–H and O–H groups in total. The van der Waals surface area contributed by atoms with Gasteiger partial charge in [0.2, 0.25) is 0 Å². The summed E-state index contributed by atoms with van der Waals surface area (Å²) in [7, 11) is 0. The lowest BCUT2D eigenvalue weighted by molar-refractivity contribution is -0.384. The van der Waals surface area contributed by atoms with E-state index in [1.54, 1.807) is 6.07 Å². The Morgan fingerprint density at radius 1 is 1.16 bits per heavy atom. The molecule has 1 aliphatic carbocycles. The predicted molar refractivity (Wildman–Crippen MR) is 117 cm³/mol. The molecule has 0 unspecified atom stereocenters. The number of nitrogens with zero attached hydrogens (tertiary/aromatic N) is 2. The van der Waals surface area contributed by atoms with Crippen molar-refractivity contribution in [1.29, 1.82) is 0 Å². The summed E-state index contributed by atoms with van der Waals surface area (Å²) >= 11 is 0. The fourth-order valence-electron chi connectivity index (χ4n) is 4.12. The second-order valence-electron chi connectivity index (χ2n) is 7.87. The van der Waals surface area contributed by atoms with Crippen LogP contribution in [-0.2, 0) is 11.3 Å². The fourth-order valence-corrected chi connectivity index (χ4v) is 4.12. The Hall–Kier alpha value is -3.13. The van der Waals surface area contributed by atoms with Crippen LogP contribution in [0.4, 0.5) is 11.4 Å². The highest BCUT2D eigenvalue weighted by atomic mass is 16.6. The molecule has 0 spiro atoms. The Morgan fingerprint density at radius 2 is 1.90 bits per heavy atom. The third-order valence-electron chi connectivity index (χ3n) is 5.80. The minimum atomic E-state index is -0.482. The lowest BCUT2D eigenvalue weighted by atomic mass is 10.1. The molecule has 1 amide bonds. The first kappa shape index (κ1) is 21.1. The molecule has 0 aromatic heterocycles. The van der Waals surface area contributed by atoms with E-state index in [1.165, 1.54) is 25.0 Å². The molecule has 1 saturated heterocycles. The van der Waals surface area contributed by atoms with Gasteiger partial charge in [0.15, 0.2) is 0 Å². The van der Waals surface area contributed by atoms with Crippen LogP contribution in [0.3, 0.4) is 0 Å². The SMILES string of the molecule is O=C(NCc1ccccc1OC1CCCC1)c1cc([N+](=O)[O-])ccc1N1CCOCC1. The van der Waals surface area contributed by atoms with Crippen LogP contribution in [-0.4, -0.2) is 43.2 Å². The lowest BCUT2D eigenvalue weighted by Gasteiger charge is -2.30. The summed E-state index contributed by atoms with van der Waals surface area (Å²) in [6.45, 7) is 2.67. The number of non-ortho nitro benzene ring substituents is 1. The third kappa shape index (κ3) is 5.14. The monoisotopic (exact) mass is 425 g/mol. The van der Waals surface area contributed by atoms with Crippen LogP contribution in [0.2, 0.25) is 0 Å². The van der Waals surface area contributed by atoms with Crippen molar-refractivity contribution in [2.24, 2.45) is 0 Å². The first-order valence-corrected chi connectivity index (χ1v) is 10.8. The van der Waals surface area contributed by atoms with E-state index in [-0.39, 0.29) is 24.2 Å². The number of para-hydroxylation sites is 1. The summed E-state index contributed by atoms with van der Waals surface area (Å²) in [5.41, 5.74) is 1.76. The molecule has 0 radical (unpaired) electrons. The number of carbonyl (C=O) groups is 1. The average Bonchev–Trinajstić information content (AvgIpc) is 3.31. The summed E-state index contributed by atoms with van der Waals surface area (Å²) in [4.78, 5) is 25.9. The van der Waals surface area contributed by atoms with Crippen LogP contribution in [0.1, 0.15) is 41.6 Å². The number of nitro groups is 1. The standard InChI is InChI=1S/C23H27N3O5/c27-23(24-16-17-5-1-4-8-22(17)31-19-6-2-3-7-19)20-15-18(26(28)29)9-10-21(20)25-11-13-30-14-12-25/h1,4-5,8-10,15,19H,2-3,6-7,11-14,16H2,(H,24,27). The lowest BCUT2D eigenvalue weighted by Crippen LogP contribution is -2.38. The molecule has 0 atom stereocenters. The van der Waals surface area contributed by atoms with Gasteiger partial charge in [-0.05, 0) is 37.8 Å². The quantitative estimate of drug-likeness (QED) is 0.537. The van der Waals surface area contributed by atoms with Gasteiger partial charge in [0.25, 0.3) is 11.6 Å². The van der Waals surface area contributed by atoms with Gasteiger partial charge in [-0.15, -0.1) is 0 Å². The zero-order chi connectivity index (χ0) is 21.6. The van der Waals surface area contributed by atoms with Gasteiger partial charge in [-0.2, -0.15) is 0 Å². The number of hydrogen-bond acceptors (Lipinski definition) is 6. The molecule has 2 fully saturated rings. The Labute approximate surface area is 181 Å². The first-order valence-electron chi connectivity index (χ1n) is 10.8. The molecule has 2 aromatic carbocycles. The molecular formula is C23H27N3O5. The molecular weight excluding hydrogens is 398 g/mol. The highest BCUT2D eigenvalue weighted by Gasteiger charge is 2.23. The van der Waals surface area contributed by atoms with Gasteiger partial charge in [0, 0.05) is 37.3 Å². The Kier molecular flexibility index (Phi) is 6.66. The fraction of sp³-hybridized carbons (Fsp3) is 0.435. The van der Waals surface area contributed by atoms with Gasteiger partial charge in [0.1, 0.15) is 5.75 Å². The topological polar surface area (TPSA) is 93.9 Å². The van der Waals surface area contributed by atoms with Gasteiger partial charge < -0.3 is 19.7 Å². The maximum Gasteiger partial charge on any atom is 0.270 e. The maximum atomic E-state index is 13.1. The van der Waals surface area contributed by atoms with E-state index in [9.17, 15) is 14.9 Å². The van der Waals surface area contributed by atoms with E-state index in [0.717, 1.165) is 24.2 Å². The van der Waals surface area contributed by atoms with E-state index in [4.69, 9.17) is 9.47 Å². The summed E-state index contributed by atoms with van der Waals surface area (Å²) in [6, 6.07) is 12.1. The predicted octanol–water partition coefficient (Wildman–Crippen LogP) is 3.68. The van der Waals surface area contributed by atoms with Gasteiger partial charge in [-0.1, -0.05) is 18.2 Å². The van der Waals surface area contributed by atoms with Crippen molar-refractivity contribution in [3.8, 4) is 5.75 Å². The van der Waals surface area contributed by atoms with Crippen LogP contribution in [0.25, 0.3) is 0 Å². The van der Waals surface area contributed by atoms with Gasteiger partial charge in [0.05, 0.1) is 35.5 Å². The normalized spacial score (nSPS) is 16.8. The van der Waals surface area contributed by atoms with Crippen molar-refractivity contribution in [3.63, 3.8) is 0 Å². The summed E-state index contributed by atoms with van der Waals surface area (Å²) < 4.78 is 11.5. The van der Waals surface area contributed by atoms with E-state index < -0.39 is 4.92 Å². The number of hydrogen-bond donors (Lipinski definition) is 1. The Morgan fingerprint density at radius 3 is 2.65 bits per heavy atom. The van der Waals surface area contributed by atoms with Gasteiger partial charge in [-0.3, -0.25) is 14.9 Å².